The van der Waals surface area contributed by atoms with Crippen LogP contribution in [0, 0.1) is 0 Å². The Morgan fingerprint density at radius 1 is 1.00 bits per heavy atom. The van der Waals surface area contributed by atoms with Crippen LogP contribution >= 0.6 is 0 Å². The highest BCUT2D eigenvalue weighted by Gasteiger charge is 2.47. The molecule has 1 aromatic rings. The van der Waals surface area contributed by atoms with Crippen LogP contribution in [-0.2, 0) is 14.9 Å². The van der Waals surface area contributed by atoms with Crippen LogP contribution in [0.5, 0.6) is 0 Å². The Labute approximate surface area is 191 Å². The molecule has 1 aromatic carbocycles. The van der Waals surface area contributed by atoms with Gasteiger partial charge in [-0.3, -0.25) is 4.79 Å². The Balaban J connectivity index is 1.22. The van der Waals surface area contributed by atoms with E-state index in [0.717, 1.165) is 71.2 Å². The van der Waals surface area contributed by atoms with Gasteiger partial charge in [0.2, 0.25) is 0 Å². The van der Waals surface area contributed by atoms with E-state index < -0.39 is 0 Å². The number of hydrogen-bond donors (Lipinski definition) is 0. The third-order valence-corrected chi connectivity index (χ3v) is 8.47. The van der Waals surface area contributed by atoms with Crippen molar-refractivity contribution < 1.29 is 14.3 Å². The molecule has 0 atom stereocenters. The third-order valence-electron chi connectivity index (χ3n) is 8.47. The van der Waals surface area contributed by atoms with Crippen LogP contribution in [0.15, 0.2) is 24.3 Å². The second-order valence-corrected chi connectivity index (χ2v) is 10.1. The highest BCUT2D eigenvalue weighted by atomic mass is 16.6. The summed E-state index contributed by atoms with van der Waals surface area (Å²) in [6.45, 7) is 7.31. The van der Waals surface area contributed by atoms with E-state index in [2.05, 4.69) is 34.1 Å². The molecule has 3 aliphatic heterocycles. The van der Waals surface area contributed by atoms with E-state index in [-0.39, 0.29) is 11.5 Å². The Kier molecular flexibility index (Phi) is 6.15. The standard InChI is InChI=1S/C26H37N3O3/c1-2-32-25(31)28-15-11-20(12-16-28)27-17-13-26(14-18-27)19-29(21-7-9-22(30)10-8-21)24-6-4-3-5-23(24)26/h3-6,20-21H,2,7-19H2,1H3. The predicted molar refractivity (Wildman–Crippen MR) is 125 cm³/mol. The molecule has 174 valence electrons. The van der Waals surface area contributed by atoms with Gasteiger partial charge < -0.3 is 19.4 Å². The Morgan fingerprint density at radius 2 is 1.69 bits per heavy atom. The van der Waals surface area contributed by atoms with Gasteiger partial charge in [0, 0.05) is 55.7 Å². The number of ketones is 1. The van der Waals surface area contributed by atoms with Crippen molar-refractivity contribution in [1.82, 2.24) is 9.80 Å². The first kappa shape index (κ1) is 21.7. The van der Waals surface area contributed by atoms with Gasteiger partial charge in [0.05, 0.1) is 6.61 Å². The SMILES string of the molecule is CCOC(=O)N1CCC(N2CCC3(CC2)CN(C2CCC(=O)CC2)c2ccccc23)CC1. The van der Waals surface area contributed by atoms with Crippen molar-refractivity contribution in [3.05, 3.63) is 29.8 Å². The van der Waals surface area contributed by atoms with E-state index in [9.17, 15) is 9.59 Å². The summed E-state index contributed by atoms with van der Waals surface area (Å²) >= 11 is 0. The first-order valence-corrected chi connectivity index (χ1v) is 12.6. The second kappa shape index (κ2) is 9.05. The van der Waals surface area contributed by atoms with Gasteiger partial charge in [0.15, 0.2) is 0 Å². The van der Waals surface area contributed by atoms with Crippen LogP contribution in [0.2, 0.25) is 0 Å². The molecule has 6 nitrogen and oxygen atoms in total. The first-order valence-electron chi connectivity index (χ1n) is 12.6. The van der Waals surface area contributed by atoms with Crippen molar-refractivity contribution in [1.29, 1.82) is 0 Å². The minimum Gasteiger partial charge on any atom is -0.450 e. The summed E-state index contributed by atoms with van der Waals surface area (Å²) in [7, 11) is 0. The number of fused-ring (bicyclic) bond motifs is 2. The predicted octanol–water partition coefficient (Wildman–Crippen LogP) is 3.97. The van der Waals surface area contributed by atoms with E-state index in [1.54, 1.807) is 0 Å². The molecule has 0 aromatic heterocycles. The van der Waals surface area contributed by atoms with Gasteiger partial charge in [-0.1, -0.05) is 18.2 Å². The number of para-hydroxylation sites is 1. The maximum atomic E-state index is 12.0. The molecule has 32 heavy (non-hydrogen) atoms. The summed E-state index contributed by atoms with van der Waals surface area (Å²) in [5.41, 5.74) is 3.21. The fraction of sp³-hybridized carbons (Fsp3) is 0.692. The highest BCUT2D eigenvalue weighted by molar-refractivity contribution is 5.79. The molecular formula is C26H37N3O3. The van der Waals surface area contributed by atoms with Crippen LogP contribution in [0.4, 0.5) is 10.5 Å². The Hall–Kier alpha value is -2.08. The molecule has 0 radical (unpaired) electrons. The van der Waals surface area contributed by atoms with Crippen molar-refractivity contribution in [2.75, 3.05) is 44.2 Å². The number of benzene rings is 1. The molecular weight excluding hydrogens is 402 g/mol. The number of Topliss-reactive ketones (excluding diaryl/α,β-unsaturated/α-hetero) is 1. The van der Waals surface area contributed by atoms with Gasteiger partial charge in [-0.15, -0.1) is 0 Å². The average molecular weight is 440 g/mol. The molecule has 0 N–H and O–H groups in total. The molecule has 1 amide bonds. The average Bonchev–Trinajstić information content (AvgIpc) is 3.14. The van der Waals surface area contributed by atoms with E-state index in [0.29, 0.717) is 24.5 Å². The van der Waals surface area contributed by atoms with E-state index >= 15 is 0 Å². The maximum Gasteiger partial charge on any atom is 0.409 e. The summed E-state index contributed by atoms with van der Waals surface area (Å²) in [6.07, 6.45) is 7.84. The van der Waals surface area contributed by atoms with E-state index in [1.165, 1.54) is 24.1 Å². The monoisotopic (exact) mass is 439 g/mol. The maximum absolute atomic E-state index is 12.0. The summed E-state index contributed by atoms with van der Waals surface area (Å²) in [5, 5.41) is 0. The van der Waals surface area contributed by atoms with Crippen molar-refractivity contribution in [3.63, 3.8) is 0 Å². The summed E-state index contributed by atoms with van der Waals surface area (Å²) in [5.74, 6) is 0.436. The Bertz CT molecular complexity index is 830. The van der Waals surface area contributed by atoms with Gasteiger partial charge in [-0.25, -0.2) is 4.79 Å². The van der Waals surface area contributed by atoms with Crippen molar-refractivity contribution in [2.45, 2.75) is 75.8 Å². The van der Waals surface area contributed by atoms with Gasteiger partial charge in [0.25, 0.3) is 0 Å². The minimum atomic E-state index is -0.157. The zero-order valence-corrected chi connectivity index (χ0v) is 19.4. The third kappa shape index (κ3) is 4.02. The number of amides is 1. The summed E-state index contributed by atoms with van der Waals surface area (Å²) in [4.78, 5) is 31.0. The second-order valence-electron chi connectivity index (χ2n) is 10.1. The number of rotatable bonds is 3. The molecule has 5 rings (SSSR count). The molecule has 0 bridgehead atoms. The van der Waals surface area contributed by atoms with Gasteiger partial charge in [0.1, 0.15) is 5.78 Å². The van der Waals surface area contributed by atoms with Crippen LogP contribution in [-0.4, -0.2) is 73.1 Å². The number of piperidine rings is 2. The fourth-order valence-corrected chi connectivity index (χ4v) is 6.60. The number of carbonyl (C=O) groups excluding carboxylic acids is 2. The largest absolute Gasteiger partial charge is 0.450 e. The molecule has 2 saturated heterocycles. The lowest BCUT2D eigenvalue weighted by atomic mass is 9.74. The number of anilines is 1. The van der Waals surface area contributed by atoms with E-state index in [4.69, 9.17) is 4.74 Å². The van der Waals surface area contributed by atoms with Crippen LogP contribution in [0.25, 0.3) is 0 Å². The van der Waals surface area contributed by atoms with Gasteiger partial charge >= 0.3 is 6.09 Å². The number of carbonyl (C=O) groups is 2. The normalized spacial score (nSPS) is 24.7. The molecule has 6 heteroatoms. The smallest absolute Gasteiger partial charge is 0.409 e. The lowest BCUT2D eigenvalue weighted by molar-refractivity contribution is -0.120. The zero-order valence-electron chi connectivity index (χ0n) is 19.4. The molecule has 1 spiro atoms. The number of nitrogens with zero attached hydrogens (tertiary/aromatic N) is 3. The van der Waals surface area contributed by atoms with Crippen molar-refractivity contribution in [3.8, 4) is 0 Å². The lowest BCUT2D eigenvalue weighted by Crippen LogP contribution is -2.52. The molecule has 0 unspecified atom stereocenters. The van der Waals surface area contributed by atoms with E-state index in [1.807, 2.05) is 11.8 Å². The molecule has 1 aliphatic carbocycles. The number of ether oxygens (including phenoxy) is 1. The number of hydrogen-bond acceptors (Lipinski definition) is 5. The highest BCUT2D eigenvalue weighted by Crippen LogP contribution is 2.49. The minimum absolute atomic E-state index is 0.157. The zero-order chi connectivity index (χ0) is 22.1. The van der Waals surface area contributed by atoms with Crippen LogP contribution in [0.3, 0.4) is 0 Å². The first-order chi connectivity index (χ1) is 15.6. The summed E-state index contributed by atoms with van der Waals surface area (Å²) in [6, 6.07) is 10.1. The quantitative estimate of drug-likeness (QED) is 0.713. The van der Waals surface area contributed by atoms with Crippen molar-refractivity contribution in [2.24, 2.45) is 0 Å². The van der Waals surface area contributed by atoms with Gasteiger partial charge in [-0.05, 0) is 70.2 Å². The fourth-order valence-electron chi connectivity index (χ4n) is 6.60. The van der Waals surface area contributed by atoms with Crippen LogP contribution < -0.4 is 4.90 Å². The van der Waals surface area contributed by atoms with Gasteiger partial charge in [-0.2, -0.15) is 0 Å². The lowest BCUT2D eigenvalue weighted by Gasteiger charge is -2.45. The number of likely N-dealkylation sites (tertiary alicyclic amines) is 2. The topological polar surface area (TPSA) is 53.1 Å². The van der Waals surface area contributed by atoms with Crippen molar-refractivity contribution >= 4 is 17.6 Å². The van der Waals surface area contributed by atoms with Crippen LogP contribution in [0.1, 0.15) is 63.9 Å². The summed E-state index contributed by atoms with van der Waals surface area (Å²) < 4.78 is 5.17. The Morgan fingerprint density at radius 3 is 2.38 bits per heavy atom. The molecule has 1 saturated carbocycles. The molecule has 3 fully saturated rings. The molecule has 4 aliphatic rings. The molecule has 3 heterocycles.